The van der Waals surface area contributed by atoms with E-state index in [-0.39, 0.29) is 31.8 Å². The SMILES string of the molecule is C[N+](C)(Cc1ccc([N+](=O)[O-])cc1)c1ccccc1.C[N+](C)(Cc1ccc([N+](=O)[O-])cc1)c1ccccc1.C[N+](C)(Cc1ccc([N+](=O)[O-])cc1)c1ccccc1.[O]=[Sb]([O-])([O-])[O-]. The number of quaternary nitrogens is 3. The molecule has 0 amide bonds. The van der Waals surface area contributed by atoms with Crippen molar-refractivity contribution >= 4 is 54.2 Å². The van der Waals surface area contributed by atoms with Crippen molar-refractivity contribution in [3.8, 4) is 0 Å². The molecule has 326 valence electrons. The van der Waals surface area contributed by atoms with Gasteiger partial charge < -0.3 is 0 Å². The van der Waals surface area contributed by atoms with Gasteiger partial charge >= 0.3 is 33.2 Å². The molecule has 6 aromatic rings. The molecule has 0 aliphatic heterocycles. The summed E-state index contributed by atoms with van der Waals surface area (Å²) in [7, 11) is 12.7. The summed E-state index contributed by atoms with van der Waals surface area (Å²) in [4.78, 5) is 30.7. The van der Waals surface area contributed by atoms with Crippen LogP contribution >= 0.6 is 0 Å². The molecule has 0 atom stereocenters. The first kappa shape index (κ1) is 50.3. The van der Waals surface area contributed by atoms with Crippen molar-refractivity contribution < 1.29 is 27.9 Å². The van der Waals surface area contributed by atoms with Crippen LogP contribution in [-0.2, 0) is 22.7 Å². The van der Waals surface area contributed by atoms with Crippen LogP contribution in [0.3, 0.4) is 0 Å². The number of nitro benzene ring substituents is 3. The maximum absolute atomic E-state index is 10.6. The summed E-state index contributed by atoms with van der Waals surface area (Å²) in [5, 5.41) is 31.9. The zero-order valence-corrected chi connectivity index (χ0v) is 38.0. The first-order valence-corrected chi connectivity index (χ1v) is 23.2. The van der Waals surface area contributed by atoms with Gasteiger partial charge in [-0.05, 0) is 72.8 Å². The van der Waals surface area contributed by atoms with E-state index in [9.17, 15) is 30.3 Å². The molecule has 0 radical (unpaired) electrons. The van der Waals surface area contributed by atoms with Crippen LogP contribution < -0.4 is 23.6 Å². The molecule has 0 spiro atoms. The first-order valence-electron chi connectivity index (χ1n) is 19.1. The molecule has 0 unspecified atom stereocenters. The Bertz CT molecular complexity index is 2120. The van der Waals surface area contributed by atoms with Crippen molar-refractivity contribution in [2.75, 3.05) is 42.3 Å². The van der Waals surface area contributed by atoms with E-state index in [4.69, 9.17) is 13.2 Å². The summed E-state index contributed by atoms with van der Waals surface area (Å²) in [6.45, 7) is 2.38. The van der Waals surface area contributed by atoms with Gasteiger partial charge in [-0.15, -0.1) is 0 Å². The second-order valence-electron chi connectivity index (χ2n) is 15.8. The fraction of sp³-hybridized carbons (Fsp3) is 0.200. The predicted octanol–water partition coefficient (Wildman–Crippen LogP) is 6.02. The average Bonchev–Trinajstić information content (AvgIpc) is 3.22. The van der Waals surface area contributed by atoms with E-state index in [2.05, 4.69) is 78.7 Å². The van der Waals surface area contributed by atoms with Gasteiger partial charge in [0, 0.05) is 53.1 Å². The molecule has 16 nitrogen and oxygen atoms in total. The Balaban J connectivity index is 0.000000234. The topological polar surface area (TPSA) is 216 Å². The van der Waals surface area contributed by atoms with Gasteiger partial charge in [0.25, 0.3) is 17.1 Å². The van der Waals surface area contributed by atoms with Gasteiger partial charge in [-0.1, -0.05) is 54.6 Å². The molecule has 6 rings (SSSR count). The normalized spacial score (nSPS) is 11.3. The van der Waals surface area contributed by atoms with E-state index < -0.39 is 20.1 Å². The number of rotatable bonds is 12. The zero-order valence-electron chi connectivity index (χ0n) is 35.4. The molecule has 0 saturated carbocycles. The fourth-order valence-electron chi connectivity index (χ4n) is 6.31. The van der Waals surface area contributed by atoms with Crippen molar-refractivity contribution in [1.82, 2.24) is 13.4 Å². The average molecular weight is 958 g/mol. The van der Waals surface area contributed by atoms with Crippen LogP contribution in [-0.4, -0.2) is 77.1 Å². The number of non-ortho nitro benzene ring substituents is 3. The minimum absolute atomic E-state index is 0.133. The van der Waals surface area contributed by atoms with Crippen LogP contribution in [0.4, 0.5) is 34.1 Å². The predicted molar refractivity (Wildman–Crippen MR) is 237 cm³/mol. The quantitative estimate of drug-likeness (QED) is 0.0602. The van der Waals surface area contributed by atoms with Crippen LogP contribution in [0, 0.1) is 30.3 Å². The summed E-state index contributed by atoms with van der Waals surface area (Å²) < 4.78 is 36.7. The van der Waals surface area contributed by atoms with Crippen LogP contribution in [0.2, 0.25) is 0 Å². The summed E-state index contributed by atoms with van der Waals surface area (Å²) in [6.07, 6.45) is 0. The fourth-order valence-corrected chi connectivity index (χ4v) is 6.31. The Kier molecular flexibility index (Phi) is 18.4. The van der Waals surface area contributed by atoms with Gasteiger partial charge in [0.15, 0.2) is 0 Å². The monoisotopic (exact) mass is 956 g/mol. The molecule has 17 heteroatoms. The Hall–Kier alpha value is -6.10. The van der Waals surface area contributed by atoms with E-state index in [1.807, 2.05) is 91.0 Å². The first-order chi connectivity index (χ1) is 29.0. The second-order valence-corrected chi connectivity index (χ2v) is 18.3. The summed E-state index contributed by atoms with van der Waals surface area (Å²) in [6, 6.07) is 50.9. The van der Waals surface area contributed by atoms with Crippen molar-refractivity contribution in [3.05, 3.63) is 211 Å². The Morgan fingerprint density at radius 3 is 0.710 bits per heavy atom. The van der Waals surface area contributed by atoms with Gasteiger partial charge in [0.05, 0.1) is 57.1 Å². The molecule has 0 saturated heterocycles. The molecule has 0 aliphatic rings. The van der Waals surface area contributed by atoms with Crippen LogP contribution in [0.25, 0.3) is 0 Å². The molecule has 0 N–H and O–H groups in total. The summed E-state index contributed by atoms with van der Waals surface area (Å²) in [5.41, 5.74) is 7.28. The Labute approximate surface area is 366 Å². The van der Waals surface area contributed by atoms with E-state index >= 15 is 0 Å². The van der Waals surface area contributed by atoms with Crippen LogP contribution in [0.15, 0.2) is 164 Å². The summed E-state index contributed by atoms with van der Waals surface area (Å²) in [5.74, 6) is 0. The number of hydrogen-bond acceptors (Lipinski definition) is 10. The van der Waals surface area contributed by atoms with Gasteiger partial charge in [-0.3, -0.25) is 43.8 Å². The van der Waals surface area contributed by atoms with Gasteiger partial charge in [-0.25, -0.2) is 0 Å². The molecule has 0 aromatic heterocycles. The molecule has 6 aromatic carbocycles. The van der Waals surface area contributed by atoms with Crippen molar-refractivity contribution in [2.24, 2.45) is 0 Å². The van der Waals surface area contributed by atoms with E-state index in [1.165, 1.54) is 17.1 Å². The van der Waals surface area contributed by atoms with Crippen molar-refractivity contribution in [3.63, 3.8) is 0 Å². The number of para-hydroxylation sites is 3. The standard InChI is InChI=1S/3C15H17N2O2.4O.Sb/c3*1-17(2,15-6-4-3-5-7-15)12-13-8-10-14(11-9-13)16(18)19;;;;;/h3*3-11H,12H2,1-2H3;;;;;/q3*+1;;3*-1;. The third-order valence-corrected chi connectivity index (χ3v) is 9.54. The second kappa shape index (κ2) is 22.7. The molecule has 0 fully saturated rings. The maximum atomic E-state index is 10.6. The molecular formula is C45H51N6O10Sb. The zero-order chi connectivity index (χ0) is 46.1. The van der Waals surface area contributed by atoms with E-state index in [0.29, 0.717) is 13.4 Å². The Morgan fingerprint density at radius 1 is 0.371 bits per heavy atom. The molecule has 62 heavy (non-hydrogen) atoms. The molecule has 0 aliphatic carbocycles. The van der Waals surface area contributed by atoms with Gasteiger partial charge in [0.1, 0.15) is 36.7 Å². The minimum atomic E-state index is -6.10. The van der Waals surface area contributed by atoms with E-state index in [1.54, 1.807) is 36.4 Å². The molecule has 0 heterocycles. The number of benzene rings is 6. The van der Waals surface area contributed by atoms with Gasteiger partial charge in [0.2, 0.25) is 0 Å². The number of nitrogens with zero attached hydrogens (tertiary/aromatic N) is 6. The van der Waals surface area contributed by atoms with E-state index in [0.717, 1.165) is 36.3 Å². The van der Waals surface area contributed by atoms with Gasteiger partial charge in [-0.2, -0.15) is 0 Å². The Morgan fingerprint density at radius 2 is 0.548 bits per heavy atom. The molecule has 0 bridgehead atoms. The van der Waals surface area contributed by atoms with Crippen LogP contribution in [0.5, 0.6) is 0 Å². The third kappa shape index (κ3) is 17.5. The number of nitro groups is 3. The number of hydrogen-bond donors (Lipinski definition) is 0. The third-order valence-electron chi connectivity index (χ3n) is 9.54. The van der Waals surface area contributed by atoms with Crippen molar-refractivity contribution in [1.29, 1.82) is 0 Å². The van der Waals surface area contributed by atoms with Crippen LogP contribution in [0.1, 0.15) is 16.7 Å². The van der Waals surface area contributed by atoms with Crippen molar-refractivity contribution in [2.45, 2.75) is 19.6 Å². The molecular weight excluding hydrogens is 906 g/mol. The summed E-state index contributed by atoms with van der Waals surface area (Å²) >= 11 is -6.10.